The zero-order valence-electron chi connectivity index (χ0n) is 12.5. The number of nitriles is 2. The van der Waals surface area contributed by atoms with Crippen LogP contribution >= 0.6 is 0 Å². The number of rotatable bonds is 2. The zero-order chi connectivity index (χ0) is 17.1. The minimum Gasteiger partial charge on any atom is -0.504 e. The normalized spacial score (nSPS) is 9.74. The quantitative estimate of drug-likeness (QED) is 0.827. The van der Waals surface area contributed by atoms with Gasteiger partial charge in [0.25, 0.3) is 5.91 Å². The summed E-state index contributed by atoms with van der Waals surface area (Å²) in [5, 5.41) is 38.0. The Morgan fingerprint density at radius 3 is 2.39 bits per heavy atom. The summed E-state index contributed by atoms with van der Waals surface area (Å²) in [4.78, 5) is 13.5. The molecule has 6 heteroatoms. The molecule has 0 unspecified atom stereocenters. The summed E-state index contributed by atoms with van der Waals surface area (Å²) in [6.07, 6.45) is 0. The standard InChI is InChI=1S/C17H13N3O3/c1-20(2)17(23)11-5-3-4-10(6-11)15-12(8-18)7-14(21)16(22)13(15)9-19/h3-7,21-22H,1-2H3. The molecule has 0 spiro atoms. The molecule has 114 valence electrons. The van der Waals surface area contributed by atoms with Gasteiger partial charge in [-0.05, 0) is 17.7 Å². The molecule has 0 radical (unpaired) electrons. The maximum absolute atomic E-state index is 12.1. The minimum absolute atomic E-state index is 0.0336. The van der Waals surface area contributed by atoms with E-state index in [1.165, 1.54) is 11.0 Å². The van der Waals surface area contributed by atoms with Gasteiger partial charge in [0, 0.05) is 31.3 Å². The third-order valence-electron chi connectivity index (χ3n) is 3.32. The molecule has 2 N–H and O–H groups in total. The van der Waals surface area contributed by atoms with Gasteiger partial charge in [0.15, 0.2) is 11.5 Å². The Kier molecular flexibility index (Phi) is 4.20. The molecule has 0 aliphatic carbocycles. The average Bonchev–Trinajstić information content (AvgIpc) is 2.55. The number of amides is 1. The molecule has 2 rings (SSSR count). The van der Waals surface area contributed by atoms with Crippen LogP contribution in [-0.2, 0) is 0 Å². The van der Waals surface area contributed by atoms with Gasteiger partial charge >= 0.3 is 0 Å². The van der Waals surface area contributed by atoms with Crippen LogP contribution in [0.15, 0.2) is 30.3 Å². The summed E-state index contributed by atoms with van der Waals surface area (Å²) in [7, 11) is 3.23. The van der Waals surface area contributed by atoms with E-state index in [2.05, 4.69) is 0 Å². The number of phenols is 2. The summed E-state index contributed by atoms with van der Waals surface area (Å²) >= 11 is 0. The van der Waals surface area contributed by atoms with Gasteiger partial charge in [0.05, 0.1) is 11.6 Å². The van der Waals surface area contributed by atoms with Gasteiger partial charge in [0.2, 0.25) is 0 Å². The molecular weight excluding hydrogens is 294 g/mol. The molecule has 0 saturated heterocycles. The van der Waals surface area contributed by atoms with Crippen LogP contribution in [0.4, 0.5) is 0 Å². The number of aromatic hydroxyl groups is 2. The molecule has 0 atom stereocenters. The van der Waals surface area contributed by atoms with Gasteiger partial charge < -0.3 is 15.1 Å². The minimum atomic E-state index is -0.592. The SMILES string of the molecule is CN(C)C(=O)c1cccc(-c2c(C#N)cc(O)c(O)c2C#N)c1. The van der Waals surface area contributed by atoms with E-state index in [0.29, 0.717) is 11.1 Å². The number of carbonyl (C=O) groups is 1. The van der Waals surface area contributed by atoms with E-state index in [4.69, 9.17) is 0 Å². The fourth-order valence-electron chi connectivity index (χ4n) is 2.22. The van der Waals surface area contributed by atoms with E-state index >= 15 is 0 Å². The Balaban J connectivity index is 2.76. The highest BCUT2D eigenvalue weighted by atomic mass is 16.3. The van der Waals surface area contributed by atoms with E-state index in [9.17, 15) is 25.5 Å². The number of phenolic OH excluding ortho intramolecular Hbond substituents is 2. The highest BCUT2D eigenvalue weighted by molar-refractivity contribution is 5.96. The summed E-state index contributed by atoms with van der Waals surface area (Å²) in [5.41, 5.74) is 0.815. The fraction of sp³-hybridized carbons (Fsp3) is 0.118. The molecule has 0 fully saturated rings. The monoisotopic (exact) mass is 307 g/mol. The van der Waals surface area contributed by atoms with Gasteiger partial charge in [-0.3, -0.25) is 4.79 Å². The number of benzene rings is 2. The van der Waals surface area contributed by atoms with Crippen LogP contribution in [0.5, 0.6) is 11.5 Å². The lowest BCUT2D eigenvalue weighted by Gasteiger charge is -2.13. The van der Waals surface area contributed by atoms with E-state index in [-0.39, 0.29) is 22.6 Å². The van der Waals surface area contributed by atoms with Crippen molar-refractivity contribution in [3.8, 4) is 34.8 Å². The number of hydrogen-bond donors (Lipinski definition) is 2. The Morgan fingerprint density at radius 2 is 1.83 bits per heavy atom. The first kappa shape index (κ1) is 15.9. The first-order valence-electron chi connectivity index (χ1n) is 6.62. The van der Waals surface area contributed by atoms with Gasteiger partial charge in [-0.25, -0.2) is 0 Å². The lowest BCUT2D eigenvalue weighted by Crippen LogP contribution is -2.21. The predicted octanol–water partition coefficient (Wildman–Crippen LogP) is 2.21. The molecule has 0 aliphatic heterocycles. The van der Waals surface area contributed by atoms with E-state index in [1.807, 2.05) is 6.07 Å². The third-order valence-corrected chi connectivity index (χ3v) is 3.32. The van der Waals surface area contributed by atoms with Gasteiger partial charge in [-0.1, -0.05) is 12.1 Å². The van der Waals surface area contributed by atoms with Crippen LogP contribution in [0.25, 0.3) is 11.1 Å². The van der Waals surface area contributed by atoms with Crippen LogP contribution in [0.1, 0.15) is 21.5 Å². The molecule has 1 amide bonds. The molecule has 23 heavy (non-hydrogen) atoms. The van der Waals surface area contributed by atoms with Crippen LogP contribution in [0.3, 0.4) is 0 Å². The maximum Gasteiger partial charge on any atom is 0.253 e. The topological polar surface area (TPSA) is 108 Å². The second-order valence-electron chi connectivity index (χ2n) is 5.05. The van der Waals surface area contributed by atoms with Gasteiger partial charge in [-0.15, -0.1) is 0 Å². The first-order valence-corrected chi connectivity index (χ1v) is 6.62. The van der Waals surface area contributed by atoms with Crippen molar-refractivity contribution >= 4 is 5.91 Å². The van der Waals surface area contributed by atoms with Crippen LogP contribution in [0, 0.1) is 22.7 Å². The van der Waals surface area contributed by atoms with Crippen LogP contribution < -0.4 is 0 Å². The van der Waals surface area contributed by atoms with Crippen molar-refractivity contribution in [3.05, 3.63) is 47.0 Å². The summed E-state index contributed by atoms with van der Waals surface area (Å²) < 4.78 is 0. The molecule has 0 heterocycles. The molecule has 2 aromatic carbocycles. The van der Waals surface area contributed by atoms with Crippen LogP contribution in [-0.4, -0.2) is 35.1 Å². The van der Waals surface area contributed by atoms with Crippen molar-refractivity contribution in [1.82, 2.24) is 4.90 Å². The molecule has 0 aromatic heterocycles. The number of hydrogen-bond acceptors (Lipinski definition) is 5. The maximum atomic E-state index is 12.1. The average molecular weight is 307 g/mol. The van der Waals surface area contributed by atoms with E-state index in [1.54, 1.807) is 38.4 Å². The summed E-state index contributed by atoms with van der Waals surface area (Å²) in [5.74, 6) is -1.36. The lowest BCUT2D eigenvalue weighted by molar-refractivity contribution is 0.0827. The smallest absolute Gasteiger partial charge is 0.253 e. The Labute approximate surface area is 133 Å². The summed E-state index contributed by atoms with van der Waals surface area (Å²) in [6, 6.07) is 11.2. The van der Waals surface area contributed by atoms with Gasteiger partial charge in [0.1, 0.15) is 11.6 Å². The van der Waals surface area contributed by atoms with Crippen molar-refractivity contribution in [2.24, 2.45) is 0 Å². The van der Waals surface area contributed by atoms with Crippen molar-refractivity contribution in [1.29, 1.82) is 10.5 Å². The van der Waals surface area contributed by atoms with E-state index < -0.39 is 11.5 Å². The summed E-state index contributed by atoms with van der Waals surface area (Å²) in [6.45, 7) is 0. The van der Waals surface area contributed by atoms with Gasteiger partial charge in [-0.2, -0.15) is 10.5 Å². The second kappa shape index (κ2) is 6.08. The molecule has 2 aromatic rings. The Hall–Kier alpha value is -3.51. The van der Waals surface area contributed by atoms with Crippen molar-refractivity contribution in [2.75, 3.05) is 14.1 Å². The zero-order valence-corrected chi connectivity index (χ0v) is 12.5. The van der Waals surface area contributed by atoms with E-state index in [0.717, 1.165) is 6.07 Å². The fourth-order valence-corrected chi connectivity index (χ4v) is 2.22. The van der Waals surface area contributed by atoms with Crippen molar-refractivity contribution in [3.63, 3.8) is 0 Å². The van der Waals surface area contributed by atoms with Crippen LogP contribution in [0.2, 0.25) is 0 Å². The first-order chi connectivity index (χ1) is 10.9. The molecule has 0 bridgehead atoms. The molecule has 0 aliphatic rings. The third kappa shape index (κ3) is 2.78. The molecular formula is C17H13N3O3. The Morgan fingerprint density at radius 1 is 1.13 bits per heavy atom. The second-order valence-corrected chi connectivity index (χ2v) is 5.05. The molecule has 6 nitrogen and oxygen atoms in total. The highest BCUT2D eigenvalue weighted by Gasteiger charge is 2.20. The number of carbonyl (C=O) groups excluding carboxylic acids is 1. The molecule has 0 saturated carbocycles. The lowest BCUT2D eigenvalue weighted by atomic mass is 9.93. The van der Waals surface area contributed by atoms with Crippen molar-refractivity contribution < 1.29 is 15.0 Å². The largest absolute Gasteiger partial charge is 0.504 e. The number of nitrogens with zero attached hydrogens (tertiary/aromatic N) is 3. The van der Waals surface area contributed by atoms with Crippen molar-refractivity contribution in [2.45, 2.75) is 0 Å². The Bertz CT molecular complexity index is 874. The predicted molar refractivity (Wildman–Crippen MR) is 82.7 cm³/mol. The highest BCUT2D eigenvalue weighted by Crippen LogP contribution is 2.39.